The number of aliphatic imine (C=N–C) groups is 1. The summed E-state index contributed by atoms with van der Waals surface area (Å²) in [5.41, 5.74) is 3.94. The molecule has 1 amide bonds. The maximum Gasteiger partial charge on any atom is 0.425 e. The predicted octanol–water partition coefficient (Wildman–Crippen LogP) is 3.90. The number of amides is 1. The zero-order valence-electron chi connectivity index (χ0n) is 15.5. The molecule has 7 nitrogen and oxygen atoms in total. The van der Waals surface area contributed by atoms with Gasteiger partial charge in [-0.1, -0.05) is 6.07 Å². The van der Waals surface area contributed by atoms with Gasteiger partial charge in [-0.2, -0.15) is 13.2 Å². The number of benzene rings is 1. The van der Waals surface area contributed by atoms with Crippen LogP contribution >= 0.6 is 0 Å². The molecule has 0 saturated carbocycles. The number of nitrogens with one attached hydrogen (secondary N) is 1. The van der Waals surface area contributed by atoms with E-state index in [1.54, 1.807) is 0 Å². The Morgan fingerprint density at radius 1 is 1.37 bits per heavy atom. The van der Waals surface area contributed by atoms with Crippen LogP contribution in [0.15, 0.2) is 41.5 Å². The molecule has 156 valence electrons. The Hall–Kier alpha value is -3.68. The van der Waals surface area contributed by atoms with Gasteiger partial charge in [0.2, 0.25) is 5.69 Å². The molecule has 0 radical (unpaired) electrons. The zero-order valence-corrected chi connectivity index (χ0v) is 15.5. The summed E-state index contributed by atoms with van der Waals surface area (Å²) in [6.07, 6.45) is -6.43. The van der Waals surface area contributed by atoms with Gasteiger partial charge in [-0.05, 0) is 31.2 Å². The normalized spacial score (nSPS) is 21.2. The minimum absolute atomic E-state index is 0.00459. The summed E-state index contributed by atoms with van der Waals surface area (Å²) in [6, 6.07) is 5.49. The summed E-state index contributed by atoms with van der Waals surface area (Å²) in [5.74, 6) is -1.45. The predicted molar refractivity (Wildman–Crippen MR) is 99.4 cm³/mol. The average Bonchev–Trinajstić information content (AvgIpc) is 2.68. The van der Waals surface area contributed by atoms with Crippen molar-refractivity contribution in [2.75, 3.05) is 5.32 Å². The van der Waals surface area contributed by atoms with Crippen LogP contribution in [-0.2, 0) is 10.3 Å². The number of anilines is 1. The van der Waals surface area contributed by atoms with Crippen molar-refractivity contribution in [3.05, 3.63) is 65.0 Å². The summed E-state index contributed by atoms with van der Waals surface area (Å²) in [5, 5.41) is 2.49. The SMILES string of the molecule is [C-]#[N+]c1ccc(C(=O)Nc2ccc(F)c([C@]3(C)C[C@@H](C(F)(F)F)OC(N)=N3)c2)nc1. The van der Waals surface area contributed by atoms with Crippen LogP contribution in [0.5, 0.6) is 0 Å². The van der Waals surface area contributed by atoms with Gasteiger partial charge in [0.25, 0.3) is 11.9 Å². The fourth-order valence-electron chi connectivity index (χ4n) is 3.01. The number of aromatic nitrogens is 1. The molecule has 0 bridgehead atoms. The lowest BCUT2D eigenvalue weighted by Crippen LogP contribution is -2.46. The number of ether oxygens (including phenoxy) is 1. The first-order chi connectivity index (χ1) is 14.0. The molecule has 3 rings (SSSR count). The lowest BCUT2D eigenvalue weighted by molar-refractivity contribution is -0.208. The monoisotopic (exact) mass is 421 g/mol. The van der Waals surface area contributed by atoms with Crippen LogP contribution in [0.2, 0.25) is 0 Å². The minimum atomic E-state index is -4.71. The lowest BCUT2D eigenvalue weighted by Gasteiger charge is -2.36. The Kier molecular flexibility index (Phi) is 5.35. The first-order valence-electron chi connectivity index (χ1n) is 8.55. The van der Waals surface area contributed by atoms with E-state index in [1.165, 1.54) is 37.4 Å². The second kappa shape index (κ2) is 7.62. The van der Waals surface area contributed by atoms with Gasteiger partial charge >= 0.3 is 6.18 Å². The van der Waals surface area contributed by atoms with Crippen LogP contribution in [0.3, 0.4) is 0 Å². The highest BCUT2D eigenvalue weighted by molar-refractivity contribution is 6.03. The fourth-order valence-corrected chi connectivity index (χ4v) is 3.01. The second-order valence-electron chi connectivity index (χ2n) is 6.74. The van der Waals surface area contributed by atoms with E-state index in [2.05, 4.69) is 24.9 Å². The van der Waals surface area contributed by atoms with E-state index in [-0.39, 0.29) is 22.6 Å². The zero-order chi connectivity index (χ0) is 22.1. The number of amidine groups is 1. The minimum Gasteiger partial charge on any atom is -0.452 e. The molecule has 0 fully saturated rings. The molecular weight excluding hydrogens is 406 g/mol. The molecule has 0 unspecified atom stereocenters. The Balaban J connectivity index is 1.90. The third-order valence-electron chi connectivity index (χ3n) is 4.48. The maximum absolute atomic E-state index is 14.5. The van der Waals surface area contributed by atoms with Crippen LogP contribution < -0.4 is 11.1 Å². The molecule has 2 heterocycles. The molecular formula is C19H15F4N5O2. The summed E-state index contributed by atoms with van der Waals surface area (Å²) in [6.45, 7) is 8.18. The van der Waals surface area contributed by atoms with Crippen molar-refractivity contribution >= 4 is 23.3 Å². The topological polar surface area (TPSA) is 94.0 Å². The standard InChI is InChI=1S/C19H15F4N5O2/c1-18(8-15(19(21,22)23)30-17(24)28-18)12-7-10(3-5-13(12)20)27-16(29)14-6-4-11(25-2)9-26-14/h3-7,9,15H,8H2,1H3,(H2,24,28)(H,27,29)/t15-,18-/m0/s1. The molecule has 30 heavy (non-hydrogen) atoms. The van der Waals surface area contributed by atoms with Crippen molar-refractivity contribution in [1.82, 2.24) is 4.98 Å². The number of pyridine rings is 1. The van der Waals surface area contributed by atoms with Gasteiger partial charge in [0.15, 0.2) is 6.10 Å². The van der Waals surface area contributed by atoms with Crippen molar-refractivity contribution in [2.45, 2.75) is 31.2 Å². The Morgan fingerprint density at radius 2 is 2.10 bits per heavy atom. The highest BCUT2D eigenvalue weighted by atomic mass is 19.4. The quantitative estimate of drug-likeness (QED) is 0.581. The highest BCUT2D eigenvalue weighted by Gasteiger charge is 2.50. The van der Waals surface area contributed by atoms with Crippen LogP contribution in [0.25, 0.3) is 4.85 Å². The largest absolute Gasteiger partial charge is 0.452 e. The van der Waals surface area contributed by atoms with Crippen LogP contribution in [0.4, 0.5) is 28.9 Å². The number of hydrogen-bond acceptors (Lipinski definition) is 5. The molecule has 0 spiro atoms. The van der Waals surface area contributed by atoms with Crippen LogP contribution in [0, 0.1) is 12.4 Å². The first-order valence-corrected chi connectivity index (χ1v) is 8.55. The number of alkyl halides is 3. The molecule has 1 aliphatic rings. The maximum atomic E-state index is 14.5. The fraction of sp³-hybridized carbons (Fsp3) is 0.263. The molecule has 0 saturated heterocycles. The Morgan fingerprint density at radius 3 is 2.70 bits per heavy atom. The molecule has 1 aliphatic heterocycles. The van der Waals surface area contributed by atoms with Crippen LogP contribution in [-0.4, -0.2) is 29.2 Å². The van der Waals surface area contributed by atoms with E-state index in [1.807, 2.05) is 0 Å². The highest BCUT2D eigenvalue weighted by Crippen LogP contribution is 2.41. The molecule has 11 heteroatoms. The Labute approximate surface area is 168 Å². The van der Waals surface area contributed by atoms with Gasteiger partial charge in [0.05, 0.1) is 12.1 Å². The number of carbonyl (C=O) groups excluding carboxylic acids is 1. The molecule has 1 aromatic heterocycles. The van der Waals surface area contributed by atoms with E-state index in [9.17, 15) is 22.4 Å². The van der Waals surface area contributed by atoms with Gasteiger partial charge in [0.1, 0.15) is 11.5 Å². The third-order valence-corrected chi connectivity index (χ3v) is 4.48. The average molecular weight is 421 g/mol. The number of halogens is 4. The van der Waals surface area contributed by atoms with Gasteiger partial charge in [-0.15, -0.1) is 0 Å². The number of hydrogen-bond donors (Lipinski definition) is 2. The summed E-state index contributed by atoms with van der Waals surface area (Å²) in [4.78, 5) is 23.2. The number of rotatable bonds is 3. The van der Waals surface area contributed by atoms with E-state index in [0.717, 1.165) is 6.07 Å². The first kappa shape index (κ1) is 21.0. The van der Waals surface area contributed by atoms with Crippen LogP contribution in [0.1, 0.15) is 29.4 Å². The van der Waals surface area contributed by atoms with Gasteiger partial charge in [0, 0.05) is 23.9 Å². The second-order valence-corrected chi connectivity index (χ2v) is 6.74. The summed E-state index contributed by atoms with van der Waals surface area (Å²) >= 11 is 0. The van der Waals surface area contributed by atoms with Crippen molar-refractivity contribution in [1.29, 1.82) is 0 Å². The summed E-state index contributed by atoms with van der Waals surface area (Å²) < 4.78 is 58.5. The van der Waals surface area contributed by atoms with Crippen molar-refractivity contribution in [3.63, 3.8) is 0 Å². The molecule has 0 aliphatic carbocycles. The van der Waals surface area contributed by atoms with E-state index < -0.39 is 42.0 Å². The van der Waals surface area contributed by atoms with Crippen molar-refractivity contribution in [2.24, 2.45) is 10.7 Å². The van der Waals surface area contributed by atoms with Gasteiger partial charge in [-0.3, -0.25) is 9.78 Å². The Bertz CT molecular complexity index is 1050. The number of carbonyl (C=O) groups is 1. The van der Waals surface area contributed by atoms with E-state index in [4.69, 9.17) is 12.3 Å². The molecule has 2 aromatic rings. The lowest BCUT2D eigenvalue weighted by atomic mass is 9.85. The third kappa shape index (κ3) is 4.32. The van der Waals surface area contributed by atoms with E-state index in [0.29, 0.717) is 0 Å². The molecule has 3 N–H and O–H groups in total. The summed E-state index contributed by atoms with van der Waals surface area (Å²) in [7, 11) is 0. The number of nitrogens with two attached hydrogens (primary N) is 1. The van der Waals surface area contributed by atoms with E-state index >= 15 is 0 Å². The van der Waals surface area contributed by atoms with Crippen molar-refractivity contribution < 1.29 is 27.1 Å². The smallest absolute Gasteiger partial charge is 0.425 e. The number of nitrogens with zero attached hydrogens (tertiary/aromatic N) is 3. The van der Waals surface area contributed by atoms with Gasteiger partial charge in [-0.25, -0.2) is 14.2 Å². The van der Waals surface area contributed by atoms with Crippen molar-refractivity contribution in [3.8, 4) is 0 Å². The molecule has 1 aromatic carbocycles. The molecule has 2 atom stereocenters. The van der Waals surface area contributed by atoms with Gasteiger partial charge < -0.3 is 15.8 Å².